The Labute approximate surface area is 134 Å². The van der Waals surface area contributed by atoms with Crippen LogP contribution in [0.4, 0.5) is 8.78 Å². The monoisotopic (exact) mass is 325 g/mol. The van der Waals surface area contributed by atoms with Crippen LogP contribution in [0.3, 0.4) is 0 Å². The van der Waals surface area contributed by atoms with Crippen molar-refractivity contribution in [2.75, 3.05) is 0 Å². The summed E-state index contributed by atoms with van der Waals surface area (Å²) in [7, 11) is 0. The summed E-state index contributed by atoms with van der Waals surface area (Å²) < 4.78 is 28.3. The number of nitriles is 1. The van der Waals surface area contributed by atoms with Crippen molar-refractivity contribution in [1.82, 2.24) is 14.8 Å². The van der Waals surface area contributed by atoms with Crippen molar-refractivity contribution in [1.29, 1.82) is 5.26 Å². The second-order valence-electron chi connectivity index (χ2n) is 4.86. The molecule has 2 aromatic heterocycles. The molecule has 1 aromatic carbocycles. The van der Waals surface area contributed by atoms with E-state index in [4.69, 9.17) is 5.73 Å². The van der Waals surface area contributed by atoms with Crippen LogP contribution in [0.1, 0.15) is 15.9 Å². The lowest BCUT2D eigenvalue weighted by Crippen LogP contribution is -2.09. The Morgan fingerprint density at radius 3 is 2.67 bits per heavy atom. The van der Waals surface area contributed by atoms with Gasteiger partial charge in [-0.15, -0.1) is 0 Å². The summed E-state index contributed by atoms with van der Waals surface area (Å²) in [6, 6.07) is 6.37. The van der Waals surface area contributed by atoms with Gasteiger partial charge in [-0.05, 0) is 18.2 Å². The van der Waals surface area contributed by atoms with Crippen molar-refractivity contribution >= 4 is 5.91 Å². The number of primary amides is 1. The van der Waals surface area contributed by atoms with Gasteiger partial charge in [0.1, 0.15) is 17.7 Å². The van der Waals surface area contributed by atoms with E-state index in [0.717, 1.165) is 12.1 Å². The number of carbonyl (C=O) groups excluding carboxylic acids is 1. The second kappa shape index (κ2) is 5.89. The molecule has 0 spiro atoms. The minimum atomic E-state index is -0.818. The van der Waals surface area contributed by atoms with Crippen LogP contribution in [0.25, 0.3) is 16.9 Å². The topological polar surface area (TPSA) is 97.6 Å². The molecule has 0 saturated heterocycles. The van der Waals surface area contributed by atoms with Crippen molar-refractivity contribution in [3.05, 3.63) is 65.6 Å². The fourth-order valence-corrected chi connectivity index (χ4v) is 2.15. The molecule has 118 valence electrons. The Morgan fingerprint density at radius 1 is 1.25 bits per heavy atom. The lowest BCUT2D eigenvalue weighted by atomic mass is 10.1. The maximum atomic E-state index is 13.9. The molecule has 24 heavy (non-hydrogen) atoms. The minimum absolute atomic E-state index is 0.0118. The number of nitrogens with two attached hydrogens (primary N) is 1. The first kappa shape index (κ1) is 15.3. The highest BCUT2D eigenvalue weighted by Gasteiger charge is 2.14. The zero-order chi connectivity index (χ0) is 17.3. The van der Waals surface area contributed by atoms with Gasteiger partial charge in [-0.2, -0.15) is 10.4 Å². The summed E-state index contributed by atoms with van der Waals surface area (Å²) in [6.07, 6.45) is 4.03. The number of pyridine rings is 1. The number of benzene rings is 1. The molecule has 2 N–H and O–H groups in total. The minimum Gasteiger partial charge on any atom is -0.366 e. The van der Waals surface area contributed by atoms with Crippen LogP contribution in [0.2, 0.25) is 0 Å². The highest BCUT2D eigenvalue weighted by atomic mass is 19.1. The van der Waals surface area contributed by atoms with Crippen LogP contribution in [0.5, 0.6) is 0 Å². The van der Waals surface area contributed by atoms with Crippen LogP contribution in [-0.2, 0) is 0 Å². The van der Waals surface area contributed by atoms with E-state index in [1.165, 1.54) is 35.4 Å². The normalized spacial score (nSPS) is 10.4. The third-order valence-electron chi connectivity index (χ3n) is 3.31. The summed E-state index contributed by atoms with van der Waals surface area (Å²) in [6.45, 7) is 0. The molecule has 1 amide bonds. The lowest BCUT2D eigenvalue weighted by Gasteiger charge is -2.07. The summed E-state index contributed by atoms with van der Waals surface area (Å²) in [5.74, 6) is -2.18. The zero-order valence-electron chi connectivity index (χ0n) is 12.1. The molecule has 0 saturated carbocycles. The molecule has 6 nitrogen and oxygen atoms in total. The molecule has 0 atom stereocenters. The van der Waals surface area contributed by atoms with E-state index < -0.39 is 17.5 Å². The van der Waals surface area contributed by atoms with Gasteiger partial charge in [-0.1, -0.05) is 0 Å². The summed E-state index contributed by atoms with van der Waals surface area (Å²) in [4.78, 5) is 15.2. The second-order valence-corrected chi connectivity index (χ2v) is 4.86. The van der Waals surface area contributed by atoms with Crippen LogP contribution in [0, 0.1) is 23.0 Å². The number of rotatable bonds is 3. The van der Waals surface area contributed by atoms with Gasteiger partial charge in [0, 0.05) is 17.8 Å². The Bertz CT molecular complexity index is 990. The van der Waals surface area contributed by atoms with Gasteiger partial charge in [0.15, 0.2) is 0 Å². The van der Waals surface area contributed by atoms with Crippen LogP contribution < -0.4 is 5.73 Å². The predicted molar refractivity (Wildman–Crippen MR) is 79.9 cm³/mol. The predicted octanol–water partition coefficient (Wildman–Crippen LogP) is 2.18. The largest absolute Gasteiger partial charge is 0.366 e. The van der Waals surface area contributed by atoms with Gasteiger partial charge in [0.05, 0.1) is 34.9 Å². The molecule has 0 aliphatic carbocycles. The van der Waals surface area contributed by atoms with Gasteiger partial charge in [-0.3, -0.25) is 9.78 Å². The van der Waals surface area contributed by atoms with Crippen LogP contribution >= 0.6 is 0 Å². The molecule has 3 aromatic rings. The number of carbonyl (C=O) groups is 1. The molecule has 0 aliphatic heterocycles. The van der Waals surface area contributed by atoms with Crippen molar-refractivity contribution in [3.63, 3.8) is 0 Å². The van der Waals surface area contributed by atoms with E-state index in [2.05, 4.69) is 10.1 Å². The zero-order valence-corrected chi connectivity index (χ0v) is 12.1. The van der Waals surface area contributed by atoms with E-state index in [-0.39, 0.29) is 22.4 Å². The molecule has 2 heterocycles. The number of hydrogen-bond donors (Lipinski definition) is 1. The number of aromatic nitrogens is 3. The van der Waals surface area contributed by atoms with E-state index >= 15 is 0 Å². The Hall–Kier alpha value is -3.60. The van der Waals surface area contributed by atoms with Gasteiger partial charge in [-0.25, -0.2) is 13.5 Å². The molecule has 0 unspecified atom stereocenters. The Kier molecular flexibility index (Phi) is 3.75. The average molecular weight is 325 g/mol. The van der Waals surface area contributed by atoms with Crippen LogP contribution in [0.15, 0.2) is 42.9 Å². The van der Waals surface area contributed by atoms with Gasteiger partial charge < -0.3 is 5.73 Å². The molecular formula is C16H9F2N5O. The molecule has 0 bridgehead atoms. The SMILES string of the molecule is N#Cc1cc(-n2cc(C(N)=O)cn2)cnc1-c1ccc(F)cc1F. The third-order valence-corrected chi connectivity index (χ3v) is 3.31. The molecule has 0 fully saturated rings. The quantitative estimate of drug-likeness (QED) is 0.798. The van der Waals surface area contributed by atoms with Crippen molar-refractivity contribution in [3.8, 4) is 23.0 Å². The van der Waals surface area contributed by atoms with Gasteiger partial charge in [0.25, 0.3) is 5.91 Å². The molecule has 8 heteroatoms. The molecular weight excluding hydrogens is 316 g/mol. The van der Waals surface area contributed by atoms with E-state index in [1.807, 2.05) is 6.07 Å². The molecule has 0 radical (unpaired) electrons. The Balaban J connectivity index is 2.08. The number of hydrogen-bond acceptors (Lipinski definition) is 4. The average Bonchev–Trinajstić information content (AvgIpc) is 3.05. The maximum Gasteiger partial charge on any atom is 0.251 e. The maximum absolute atomic E-state index is 13.9. The third kappa shape index (κ3) is 2.70. The van der Waals surface area contributed by atoms with Gasteiger partial charge >= 0.3 is 0 Å². The number of amides is 1. The number of nitrogens with zero attached hydrogens (tertiary/aromatic N) is 4. The summed E-state index contributed by atoms with van der Waals surface area (Å²) in [5, 5.41) is 13.3. The molecule has 3 rings (SSSR count). The summed E-state index contributed by atoms with van der Waals surface area (Å²) >= 11 is 0. The fourth-order valence-electron chi connectivity index (χ4n) is 2.15. The van der Waals surface area contributed by atoms with Crippen molar-refractivity contribution in [2.45, 2.75) is 0 Å². The van der Waals surface area contributed by atoms with E-state index in [1.54, 1.807) is 0 Å². The smallest absolute Gasteiger partial charge is 0.251 e. The van der Waals surface area contributed by atoms with E-state index in [9.17, 15) is 18.8 Å². The highest BCUT2D eigenvalue weighted by molar-refractivity contribution is 5.92. The van der Waals surface area contributed by atoms with Gasteiger partial charge in [0.2, 0.25) is 0 Å². The first-order valence-electron chi connectivity index (χ1n) is 6.70. The standard InChI is InChI=1S/C16H9F2N5O/c17-11-1-2-13(14(18)4-11)15-9(5-19)3-12(7-21-15)23-8-10(6-22-23)16(20)24/h1-4,6-8H,(H2,20,24). The van der Waals surface area contributed by atoms with Crippen molar-refractivity contribution in [2.24, 2.45) is 5.73 Å². The van der Waals surface area contributed by atoms with Crippen LogP contribution in [-0.4, -0.2) is 20.7 Å². The van der Waals surface area contributed by atoms with E-state index in [0.29, 0.717) is 5.69 Å². The molecule has 0 aliphatic rings. The lowest BCUT2D eigenvalue weighted by molar-refractivity contribution is 0.100. The highest BCUT2D eigenvalue weighted by Crippen LogP contribution is 2.26. The Morgan fingerprint density at radius 2 is 2.04 bits per heavy atom. The first-order chi connectivity index (χ1) is 11.5. The fraction of sp³-hybridized carbons (Fsp3) is 0. The first-order valence-corrected chi connectivity index (χ1v) is 6.70. The van der Waals surface area contributed by atoms with Crippen molar-refractivity contribution < 1.29 is 13.6 Å². The number of halogens is 2. The summed E-state index contributed by atoms with van der Waals surface area (Å²) in [5.41, 5.74) is 5.92.